The van der Waals surface area contributed by atoms with Gasteiger partial charge >= 0.3 is 0 Å². The third-order valence-electron chi connectivity index (χ3n) is 3.88. The van der Waals surface area contributed by atoms with Crippen LogP contribution in [-0.2, 0) is 0 Å². The number of aromatic nitrogens is 2. The maximum Gasteiger partial charge on any atom is 0.160 e. The molecule has 1 heterocycles. The van der Waals surface area contributed by atoms with E-state index in [2.05, 4.69) is 43.6 Å². The highest BCUT2D eigenvalue weighted by atomic mass is 15.1. The highest BCUT2D eigenvalue weighted by Gasteiger charge is 2.14. The normalized spacial score (nSPS) is 14.2. The van der Waals surface area contributed by atoms with E-state index in [0.717, 1.165) is 36.0 Å². The zero-order chi connectivity index (χ0) is 16.9. The first-order valence-corrected chi connectivity index (χ1v) is 8.46. The van der Waals surface area contributed by atoms with Crippen LogP contribution in [0.15, 0.2) is 54.1 Å². The molecule has 0 saturated heterocycles. The summed E-state index contributed by atoms with van der Waals surface area (Å²) in [5.74, 6) is 2.47. The Labute approximate surface area is 143 Å². The molecular weight excluding hydrogens is 296 g/mol. The lowest BCUT2D eigenvalue weighted by atomic mass is 9.98. The lowest BCUT2D eigenvalue weighted by Gasteiger charge is -2.16. The molecule has 0 bridgehead atoms. The minimum absolute atomic E-state index is 0.318. The fourth-order valence-corrected chi connectivity index (χ4v) is 2.76. The number of anilines is 3. The maximum atomic E-state index is 4.76. The van der Waals surface area contributed by atoms with Crippen molar-refractivity contribution in [1.29, 1.82) is 0 Å². The molecule has 0 spiro atoms. The number of para-hydroxylation sites is 1. The zero-order valence-corrected chi connectivity index (χ0v) is 14.5. The summed E-state index contributed by atoms with van der Waals surface area (Å²) in [5, 5.41) is 6.77. The van der Waals surface area contributed by atoms with Crippen molar-refractivity contribution in [2.75, 3.05) is 10.6 Å². The van der Waals surface area contributed by atoms with E-state index in [1.54, 1.807) is 0 Å². The topological polar surface area (TPSA) is 49.8 Å². The van der Waals surface area contributed by atoms with Gasteiger partial charge < -0.3 is 10.6 Å². The molecule has 2 N–H and O–H groups in total. The molecule has 124 valence electrons. The standard InChI is InChI=1S/C20H24N4/c1-14(2)21-18-13-19(22-16-10-5-4-6-11-16)24-20(23-18)17-12-8-7-9-15(17)3/h4-7,9-11,13-14H,8,12H2,1-3H3,(H2,21,22,23,24). The number of hydrogen-bond acceptors (Lipinski definition) is 4. The van der Waals surface area contributed by atoms with E-state index in [4.69, 9.17) is 9.97 Å². The van der Waals surface area contributed by atoms with E-state index >= 15 is 0 Å². The SMILES string of the molecule is CC1=C(c2nc(Nc3ccccc3)cc(NC(C)C)n2)CCC=C1. The van der Waals surface area contributed by atoms with E-state index in [1.807, 2.05) is 36.4 Å². The van der Waals surface area contributed by atoms with Gasteiger partial charge in [-0.15, -0.1) is 0 Å². The van der Waals surface area contributed by atoms with Gasteiger partial charge in [0.2, 0.25) is 0 Å². The van der Waals surface area contributed by atoms with Crippen LogP contribution in [0.25, 0.3) is 5.57 Å². The molecule has 4 nitrogen and oxygen atoms in total. The summed E-state index contributed by atoms with van der Waals surface area (Å²) in [4.78, 5) is 9.49. The summed E-state index contributed by atoms with van der Waals surface area (Å²) in [6, 6.07) is 12.4. The van der Waals surface area contributed by atoms with Gasteiger partial charge in [0, 0.05) is 23.4 Å². The first-order valence-electron chi connectivity index (χ1n) is 8.46. The van der Waals surface area contributed by atoms with Crippen LogP contribution < -0.4 is 10.6 Å². The first kappa shape index (κ1) is 16.2. The number of hydrogen-bond donors (Lipinski definition) is 2. The molecule has 0 atom stereocenters. The van der Waals surface area contributed by atoms with Gasteiger partial charge in [-0.05, 0) is 51.3 Å². The van der Waals surface area contributed by atoms with E-state index in [-0.39, 0.29) is 0 Å². The van der Waals surface area contributed by atoms with Crippen molar-refractivity contribution in [3.63, 3.8) is 0 Å². The average molecular weight is 320 g/mol. The van der Waals surface area contributed by atoms with Gasteiger partial charge in [-0.2, -0.15) is 0 Å². The molecule has 0 fully saturated rings. The van der Waals surface area contributed by atoms with Gasteiger partial charge in [-0.25, -0.2) is 9.97 Å². The largest absolute Gasteiger partial charge is 0.368 e. The summed E-state index contributed by atoms with van der Waals surface area (Å²) in [6.45, 7) is 6.35. The molecule has 0 aliphatic heterocycles. The molecule has 0 radical (unpaired) electrons. The molecule has 1 aromatic heterocycles. The Bertz CT molecular complexity index is 760. The predicted molar refractivity (Wildman–Crippen MR) is 101 cm³/mol. The smallest absolute Gasteiger partial charge is 0.160 e. The third kappa shape index (κ3) is 4.02. The molecule has 1 aliphatic rings. The fraction of sp³-hybridized carbons (Fsp3) is 0.300. The molecule has 0 saturated carbocycles. The molecule has 0 unspecified atom stereocenters. The lowest BCUT2D eigenvalue weighted by molar-refractivity contribution is 0.882. The van der Waals surface area contributed by atoms with Gasteiger partial charge in [0.25, 0.3) is 0 Å². The number of nitrogens with one attached hydrogen (secondary N) is 2. The van der Waals surface area contributed by atoms with Crippen molar-refractivity contribution < 1.29 is 0 Å². The monoisotopic (exact) mass is 320 g/mol. The fourth-order valence-electron chi connectivity index (χ4n) is 2.76. The quantitative estimate of drug-likeness (QED) is 0.798. The lowest BCUT2D eigenvalue weighted by Crippen LogP contribution is -2.13. The molecule has 0 amide bonds. The van der Waals surface area contributed by atoms with Crippen LogP contribution in [0.2, 0.25) is 0 Å². The Morgan fingerprint density at radius 1 is 1.04 bits per heavy atom. The van der Waals surface area contributed by atoms with Gasteiger partial charge in [0.15, 0.2) is 5.82 Å². The average Bonchev–Trinajstić information content (AvgIpc) is 2.55. The summed E-state index contributed by atoms with van der Waals surface area (Å²) < 4.78 is 0. The molecular formula is C20H24N4. The third-order valence-corrected chi connectivity index (χ3v) is 3.88. The van der Waals surface area contributed by atoms with Crippen molar-refractivity contribution in [2.45, 2.75) is 39.7 Å². The second-order valence-electron chi connectivity index (χ2n) is 6.35. The number of allylic oxidation sites excluding steroid dienone is 4. The van der Waals surface area contributed by atoms with E-state index < -0.39 is 0 Å². The van der Waals surface area contributed by atoms with Crippen LogP contribution in [0.1, 0.15) is 39.4 Å². The van der Waals surface area contributed by atoms with E-state index in [1.165, 1.54) is 11.1 Å². The molecule has 3 rings (SSSR count). The number of nitrogens with zero attached hydrogens (tertiary/aromatic N) is 2. The minimum Gasteiger partial charge on any atom is -0.368 e. The van der Waals surface area contributed by atoms with Gasteiger partial charge in [-0.3, -0.25) is 0 Å². The maximum absolute atomic E-state index is 4.76. The van der Waals surface area contributed by atoms with Crippen LogP contribution in [0.5, 0.6) is 0 Å². The van der Waals surface area contributed by atoms with E-state index in [0.29, 0.717) is 6.04 Å². The highest BCUT2D eigenvalue weighted by Crippen LogP contribution is 2.28. The Morgan fingerprint density at radius 2 is 1.79 bits per heavy atom. The van der Waals surface area contributed by atoms with Crippen LogP contribution in [-0.4, -0.2) is 16.0 Å². The molecule has 24 heavy (non-hydrogen) atoms. The summed E-state index contributed by atoms with van der Waals surface area (Å²) in [5.41, 5.74) is 3.49. The van der Waals surface area contributed by atoms with Crippen molar-refractivity contribution in [3.05, 3.63) is 59.9 Å². The summed E-state index contributed by atoms with van der Waals surface area (Å²) in [7, 11) is 0. The van der Waals surface area contributed by atoms with Gasteiger partial charge in [0.1, 0.15) is 11.6 Å². The zero-order valence-electron chi connectivity index (χ0n) is 14.5. The summed E-state index contributed by atoms with van der Waals surface area (Å²) in [6.07, 6.45) is 6.39. The predicted octanol–water partition coefficient (Wildman–Crippen LogP) is 5.16. The Kier molecular flexibility index (Phi) is 4.94. The molecule has 2 aromatic rings. The second-order valence-corrected chi connectivity index (χ2v) is 6.35. The van der Waals surface area contributed by atoms with Crippen molar-refractivity contribution in [3.8, 4) is 0 Å². The Balaban J connectivity index is 1.99. The highest BCUT2D eigenvalue weighted by molar-refractivity contribution is 5.70. The Hall–Kier alpha value is -2.62. The van der Waals surface area contributed by atoms with Crippen molar-refractivity contribution in [1.82, 2.24) is 9.97 Å². The van der Waals surface area contributed by atoms with Gasteiger partial charge in [-0.1, -0.05) is 30.4 Å². The van der Waals surface area contributed by atoms with Crippen molar-refractivity contribution >= 4 is 22.9 Å². The van der Waals surface area contributed by atoms with E-state index in [9.17, 15) is 0 Å². The van der Waals surface area contributed by atoms with Crippen LogP contribution in [0.4, 0.5) is 17.3 Å². The minimum atomic E-state index is 0.318. The number of benzene rings is 1. The Morgan fingerprint density at radius 3 is 2.50 bits per heavy atom. The molecule has 4 heteroatoms. The second kappa shape index (κ2) is 7.30. The van der Waals surface area contributed by atoms with Crippen molar-refractivity contribution in [2.24, 2.45) is 0 Å². The van der Waals surface area contributed by atoms with Gasteiger partial charge in [0.05, 0.1) is 0 Å². The number of rotatable bonds is 5. The molecule has 1 aromatic carbocycles. The summed E-state index contributed by atoms with van der Waals surface area (Å²) >= 11 is 0. The molecule has 1 aliphatic carbocycles. The first-order chi connectivity index (χ1) is 11.6. The van der Waals surface area contributed by atoms with Crippen LogP contribution in [0, 0.1) is 0 Å². The van der Waals surface area contributed by atoms with Crippen LogP contribution in [0.3, 0.4) is 0 Å². The van der Waals surface area contributed by atoms with Crippen LogP contribution >= 0.6 is 0 Å².